The van der Waals surface area contributed by atoms with Crippen molar-refractivity contribution in [2.45, 2.75) is 88.5 Å². The Labute approximate surface area is 276 Å². The Kier molecular flexibility index (Phi) is 11.8. The minimum atomic E-state index is -1.57. The van der Waals surface area contributed by atoms with E-state index in [2.05, 4.69) is 0 Å². The molecule has 0 bridgehead atoms. The lowest BCUT2D eigenvalue weighted by Gasteiger charge is -2.50. The van der Waals surface area contributed by atoms with E-state index in [1.165, 1.54) is 26.2 Å². The van der Waals surface area contributed by atoms with Crippen LogP contribution in [0.2, 0.25) is 0 Å². The van der Waals surface area contributed by atoms with Crippen molar-refractivity contribution in [2.75, 3.05) is 20.3 Å². The Bertz CT molecular complexity index is 1400. The zero-order valence-electron chi connectivity index (χ0n) is 26.7. The summed E-state index contributed by atoms with van der Waals surface area (Å²) in [6.07, 6.45) is -14.1. The molecule has 3 fully saturated rings. The van der Waals surface area contributed by atoms with Crippen molar-refractivity contribution < 1.29 is 71.7 Å². The molecule has 3 saturated heterocycles. The van der Waals surface area contributed by atoms with Gasteiger partial charge < -0.3 is 52.5 Å². The number of hydrogen-bond acceptors (Lipinski definition) is 15. The van der Waals surface area contributed by atoms with E-state index < -0.39 is 98.2 Å². The quantitative estimate of drug-likeness (QED) is 0.283. The molecule has 2 aromatic rings. The molecule has 260 valence electrons. The van der Waals surface area contributed by atoms with E-state index in [9.17, 15) is 24.3 Å². The summed E-state index contributed by atoms with van der Waals surface area (Å²) in [5, 5.41) is 11.7. The minimum Gasteiger partial charge on any atom is -0.463 e. The first-order valence-corrected chi connectivity index (χ1v) is 15.3. The largest absolute Gasteiger partial charge is 0.463 e. The van der Waals surface area contributed by atoms with Crippen LogP contribution in [0.4, 0.5) is 0 Å². The number of aliphatic hydroxyl groups is 1. The van der Waals surface area contributed by atoms with Crippen LogP contribution in [0.1, 0.15) is 43.0 Å². The predicted octanol–water partition coefficient (Wildman–Crippen LogP) is 1.60. The van der Waals surface area contributed by atoms with Crippen molar-refractivity contribution >= 4 is 23.9 Å². The summed E-state index contributed by atoms with van der Waals surface area (Å²) < 4.78 is 58.1. The molecular formula is C33H38O15. The molecule has 1 N–H and O–H groups in total. The summed E-state index contributed by atoms with van der Waals surface area (Å²) >= 11 is 0. The van der Waals surface area contributed by atoms with E-state index in [1.807, 2.05) is 18.2 Å². The van der Waals surface area contributed by atoms with Crippen LogP contribution < -0.4 is 0 Å². The van der Waals surface area contributed by atoms with E-state index in [0.717, 1.165) is 13.8 Å². The lowest BCUT2D eigenvalue weighted by atomic mass is 9.95. The second kappa shape index (κ2) is 16.0. The van der Waals surface area contributed by atoms with Gasteiger partial charge in [0.2, 0.25) is 0 Å². The molecule has 5 rings (SSSR count). The SMILES string of the molecule is CO[C@@H]1O[C@H](COC(C)=O)[C@@H](OC(C)=O)[C@H](O[C@@H]2O[C@@H]3CO[C@@H](c4ccccc4)O[C@H]3[C@H](O)[C@H]2OC(=O)c2ccccc2)[C@H]1OC(C)=O. The monoisotopic (exact) mass is 674 g/mol. The highest BCUT2D eigenvalue weighted by Gasteiger charge is 2.57. The van der Waals surface area contributed by atoms with Gasteiger partial charge in [0.1, 0.15) is 37.1 Å². The third kappa shape index (κ3) is 8.36. The first kappa shape index (κ1) is 35.3. The van der Waals surface area contributed by atoms with Crippen LogP contribution in [0.15, 0.2) is 60.7 Å². The van der Waals surface area contributed by atoms with Crippen LogP contribution in [0.25, 0.3) is 0 Å². The molecule has 0 saturated carbocycles. The maximum Gasteiger partial charge on any atom is 0.338 e. The molecule has 48 heavy (non-hydrogen) atoms. The van der Waals surface area contributed by atoms with Crippen LogP contribution >= 0.6 is 0 Å². The second-order valence-electron chi connectivity index (χ2n) is 11.3. The van der Waals surface area contributed by atoms with Crippen LogP contribution in [0, 0.1) is 0 Å². The molecule has 11 atom stereocenters. The van der Waals surface area contributed by atoms with Gasteiger partial charge in [0, 0.05) is 33.4 Å². The summed E-state index contributed by atoms with van der Waals surface area (Å²) in [6.45, 7) is 3.02. The summed E-state index contributed by atoms with van der Waals surface area (Å²) in [6, 6.07) is 17.1. The van der Waals surface area contributed by atoms with E-state index in [4.69, 9.17) is 47.4 Å². The Hall–Kier alpha value is -3.96. The molecule has 0 spiro atoms. The fraction of sp³-hybridized carbons (Fsp3) is 0.515. The van der Waals surface area contributed by atoms with Crippen molar-refractivity contribution in [3.8, 4) is 0 Å². The number of rotatable bonds is 10. The van der Waals surface area contributed by atoms with Gasteiger partial charge in [0.25, 0.3) is 0 Å². The molecule has 0 aliphatic carbocycles. The lowest BCUT2D eigenvalue weighted by Crippen LogP contribution is -2.67. The third-order valence-electron chi connectivity index (χ3n) is 7.80. The standard InChI is InChI=1S/C33H38O15/c1-17(34)40-15-23-26(42-18(2)35)28(29(43-19(3)36)32(39-4)44-23)48-33-27(46-30(38)20-11-7-5-8-12-20)24(37)25-22(45-33)16-41-31(47-25)21-13-9-6-10-14-21/h5-14,22-29,31-33,37H,15-16H2,1-4H3/t22-,23-,24+,25-,26-,27-,28+,29-,31-,32-,33+/m1/s1. The second-order valence-corrected chi connectivity index (χ2v) is 11.3. The first-order valence-electron chi connectivity index (χ1n) is 15.3. The molecule has 15 nitrogen and oxygen atoms in total. The van der Waals surface area contributed by atoms with Crippen molar-refractivity contribution in [2.24, 2.45) is 0 Å². The number of aliphatic hydroxyl groups excluding tert-OH is 1. The first-order chi connectivity index (χ1) is 23.0. The number of benzene rings is 2. The number of methoxy groups -OCH3 is 1. The van der Waals surface area contributed by atoms with Crippen LogP contribution in [0.3, 0.4) is 0 Å². The van der Waals surface area contributed by atoms with Crippen LogP contribution in [-0.2, 0) is 61.8 Å². The van der Waals surface area contributed by atoms with Gasteiger partial charge in [0.05, 0.1) is 12.2 Å². The lowest BCUT2D eigenvalue weighted by molar-refractivity contribution is -0.384. The van der Waals surface area contributed by atoms with Gasteiger partial charge in [-0.3, -0.25) is 14.4 Å². The van der Waals surface area contributed by atoms with Crippen molar-refractivity contribution in [1.29, 1.82) is 0 Å². The van der Waals surface area contributed by atoms with E-state index in [1.54, 1.807) is 30.3 Å². The van der Waals surface area contributed by atoms with E-state index in [0.29, 0.717) is 5.56 Å². The normalized spacial score (nSPS) is 33.1. The zero-order chi connectivity index (χ0) is 34.4. The predicted molar refractivity (Wildman–Crippen MR) is 159 cm³/mol. The van der Waals surface area contributed by atoms with Gasteiger partial charge in [-0.15, -0.1) is 0 Å². The zero-order valence-corrected chi connectivity index (χ0v) is 26.7. The maximum absolute atomic E-state index is 13.3. The Morgan fingerprint density at radius 2 is 1.40 bits per heavy atom. The molecule has 0 radical (unpaired) electrons. The van der Waals surface area contributed by atoms with Crippen LogP contribution in [0.5, 0.6) is 0 Å². The summed E-state index contributed by atoms with van der Waals surface area (Å²) in [5.74, 6) is -2.96. The average Bonchev–Trinajstić information content (AvgIpc) is 3.07. The molecular weight excluding hydrogens is 636 g/mol. The van der Waals surface area contributed by atoms with Gasteiger partial charge >= 0.3 is 23.9 Å². The van der Waals surface area contributed by atoms with E-state index >= 15 is 0 Å². The van der Waals surface area contributed by atoms with Gasteiger partial charge in [-0.2, -0.15) is 0 Å². The summed E-state index contributed by atoms with van der Waals surface area (Å²) in [5.41, 5.74) is 0.877. The van der Waals surface area contributed by atoms with Gasteiger partial charge in [0.15, 0.2) is 37.2 Å². The van der Waals surface area contributed by atoms with Gasteiger partial charge in [-0.25, -0.2) is 4.79 Å². The maximum atomic E-state index is 13.3. The smallest absolute Gasteiger partial charge is 0.338 e. The molecule has 3 aliphatic rings. The molecule has 15 heteroatoms. The summed E-state index contributed by atoms with van der Waals surface area (Å²) in [7, 11) is 1.28. The minimum absolute atomic E-state index is 0.0508. The van der Waals surface area contributed by atoms with Gasteiger partial charge in [-0.1, -0.05) is 48.5 Å². The number of ether oxygens (including phenoxy) is 10. The fourth-order valence-corrected chi connectivity index (χ4v) is 5.71. The summed E-state index contributed by atoms with van der Waals surface area (Å²) in [4.78, 5) is 49.6. The topological polar surface area (TPSA) is 181 Å². The highest BCUT2D eigenvalue weighted by atomic mass is 16.8. The fourth-order valence-electron chi connectivity index (χ4n) is 5.71. The number of esters is 4. The number of hydrogen-bond donors (Lipinski definition) is 1. The number of fused-ring (bicyclic) bond motifs is 1. The third-order valence-corrected chi connectivity index (χ3v) is 7.80. The molecule has 0 amide bonds. The average molecular weight is 675 g/mol. The Morgan fingerprint density at radius 1 is 0.750 bits per heavy atom. The molecule has 3 aliphatic heterocycles. The van der Waals surface area contributed by atoms with E-state index in [-0.39, 0.29) is 12.2 Å². The molecule has 0 unspecified atom stereocenters. The highest BCUT2D eigenvalue weighted by molar-refractivity contribution is 5.89. The molecule has 2 aromatic carbocycles. The van der Waals surface area contributed by atoms with Crippen molar-refractivity contribution in [3.63, 3.8) is 0 Å². The van der Waals surface area contributed by atoms with Crippen molar-refractivity contribution in [1.82, 2.24) is 0 Å². The van der Waals surface area contributed by atoms with Crippen LogP contribution in [-0.4, -0.2) is 111 Å². The van der Waals surface area contributed by atoms with Gasteiger partial charge in [-0.05, 0) is 12.1 Å². The number of carbonyl (C=O) groups is 4. The highest BCUT2D eigenvalue weighted by Crippen LogP contribution is 2.38. The van der Waals surface area contributed by atoms with Crippen molar-refractivity contribution in [3.05, 3.63) is 71.8 Å². The Morgan fingerprint density at radius 3 is 2.02 bits per heavy atom. The number of carbonyl (C=O) groups excluding carboxylic acids is 4. The Balaban J connectivity index is 1.49. The molecule has 0 aromatic heterocycles. The molecule has 3 heterocycles.